The number of carbonyl (C=O) groups is 1. The summed E-state index contributed by atoms with van der Waals surface area (Å²) < 4.78 is 0. The van der Waals surface area contributed by atoms with Crippen molar-refractivity contribution in [3.8, 4) is 0 Å². The van der Waals surface area contributed by atoms with E-state index in [1.807, 2.05) is 6.07 Å². The Morgan fingerprint density at radius 3 is 2.95 bits per heavy atom. The Balaban J connectivity index is 1.89. The molecule has 1 aromatic rings. The molecule has 1 aliphatic carbocycles. The van der Waals surface area contributed by atoms with Crippen molar-refractivity contribution in [2.75, 3.05) is 25.5 Å². The quantitative estimate of drug-likeness (QED) is 0.880. The van der Waals surface area contributed by atoms with Gasteiger partial charge < -0.3 is 15.3 Å². The molecule has 1 aromatic heterocycles. The molecule has 1 fully saturated rings. The molecule has 5 heteroatoms. The van der Waals surface area contributed by atoms with E-state index in [-0.39, 0.29) is 0 Å². The van der Waals surface area contributed by atoms with Crippen molar-refractivity contribution in [1.82, 2.24) is 9.88 Å². The van der Waals surface area contributed by atoms with Crippen LogP contribution in [0.15, 0.2) is 6.07 Å². The fraction of sp³-hybridized carbons (Fsp3) is 0.600. The number of aromatic carboxylic acids is 1. The standard InChI is InChI=1S/C15H21N3O2/c1-18-7-6-11(9-18)16-14-12(15(19)20)8-10-4-2-3-5-13(10)17-14/h8,11H,2-7,9H2,1H3,(H,16,17)(H,19,20). The van der Waals surface area contributed by atoms with Crippen molar-refractivity contribution >= 4 is 11.8 Å². The Labute approximate surface area is 119 Å². The first-order valence-electron chi connectivity index (χ1n) is 7.34. The molecule has 1 unspecified atom stereocenters. The Bertz CT molecular complexity index is 530. The molecule has 1 aliphatic heterocycles. The average molecular weight is 275 g/mol. The molecule has 1 atom stereocenters. The van der Waals surface area contributed by atoms with Crippen LogP contribution in [0, 0.1) is 0 Å². The van der Waals surface area contributed by atoms with Gasteiger partial charge in [0.1, 0.15) is 11.4 Å². The third kappa shape index (κ3) is 2.63. The zero-order chi connectivity index (χ0) is 14.1. The first-order chi connectivity index (χ1) is 9.63. The highest BCUT2D eigenvalue weighted by molar-refractivity contribution is 5.93. The molecule has 2 N–H and O–H groups in total. The van der Waals surface area contributed by atoms with Gasteiger partial charge in [-0.2, -0.15) is 0 Å². The van der Waals surface area contributed by atoms with Crippen molar-refractivity contribution in [3.63, 3.8) is 0 Å². The van der Waals surface area contributed by atoms with Crippen LogP contribution in [0.5, 0.6) is 0 Å². The van der Waals surface area contributed by atoms with Gasteiger partial charge >= 0.3 is 5.97 Å². The monoisotopic (exact) mass is 275 g/mol. The van der Waals surface area contributed by atoms with Crippen LogP contribution in [-0.4, -0.2) is 47.1 Å². The molecule has 0 saturated carbocycles. The summed E-state index contributed by atoms with van der Waals surface area (Å²) in [5.41, 5.74) is 2.51. The molecular formula is C15H21N3O2. The summed E-state index contributed by atoms with van der Waals surface area (Å²) in [5.74, 6) is -0.335. The number of carboxylic acid groups (broad SMARTS) is 1. The molecule has 5 nitrogen and oxygen atoms in total. The van der Waals surface area contributed by atoms with Crippen molar-refractivity contribution < 1.29 is 9.90 Å². The van der Waals surface area contributed by atoms with Crippen LogP contribution in [-0.2, 0) is 12.8 Å². The van der Waals surface area contributed by atoms with E-state index in [0.29, 0.717) is 17.4 Å². The van der Waals surface area contributed by atoms with Gasteiger partial charge in [-0.3, -0.25) is 0 Å². The predicted molar refractivity (Wildman–Crippen MR) is 77.4 cm³/mol. The topological polar surface area (TPSA) is 65.5 Å². The van der Waals surface area contributed by atoms with Gasteiger partial charge in [0, 0.05) is 18.3 Å². The van der Waals surface area contributed by atoms with Gasteiger partial charge in [0.2, 0.25) is 0 Å². The van der Waals surface area contributed by atoms with Gasteiger partial charge in [0.05, 0.1) is 0 Å². The van der Waals surface area contributed by atoms with Gasteiger partial charge in [0.15, 0.2) is 0 Å². The fourth-order valence-electron chi connectivity index (χ4n) is 3.15. The van der Waals surface area contributed by atoms with Gasteiger partial charge in [0.25, 0.3) is 0 Å². The predicted octanol–water partition coefficient (Wildman–Crippen LogP) is 1.77. The number of carboxylic acids is 1. The summed E-state index contributed by atoms with van der Waals surface area (Å²) in [5, 5.41) is 12.7. The molecule has 0 radical (unpaired) electrons. The van der Waals surface area contributed by atoms with Crippen LogP contribution in [0.4, 0.5) is 5.82 Å². The van der Waals surface area contributed by atoms with E-state index in [9.17, 15) is 9.90 Å². The van der Waals surface area contributed by atoms with Crippen molar-refractivity contribution in [1.29, 1.82) is 0 Å². The van der Waals surface area contributed by atoms with E-state index < -0.39 is 5.97 Å². The summed E-state index contributed by atoms with van der Waals surface area (Å²) in [4.78, 5) is 18.3. The summed E-state index contributed by atoms with van der Waals surface area (Å²) >= 11 is 0. The average Bonchev–Trinajstić information content (AvgIpc) is 2.83. The molecule has 1 saturated heterocycles. The number of fused-ring (bicyclic) bond motifs is 1. The Hall–Kier alpha value is -1.62. The minimum Gasteiger partial charge on any atom is -0.478 e. The third-order valence-electron chi connectivity index (χ3n) is 4.26. The fourth-order valence-corrected chi connectivity index (χ4v) is 3.15. The van der Waals surface area contributed by atoms with Crippen LogP contribution >= 0.6 is 0 Å². The maximum Gasteiger partial charge on any atom is 0.339 e. The molecular weight excluding hydrogens is 254 g/mol. The number of anilines is 1. The summed E-state index contributed by atoms with van der Waals surface area (Å²) in [6, 6.07) is 2.12. The zero-order valence-corrected chi connectivity index (χ0v) is 11.9. The molecule has 2 heterocycles. The second-order valence-corrected chi connectivity index (χ2v) is 5.89. The number of pyridine rings is 1. The van der Waals surface area contributed by atoms with E-state index >= 15 is 0 Å². The number of hydrogen-bond acceptors (Lipinski definition) is 4. The molecule has 108 valence electrons. The lowest BCUT2D eigenvalue weighted by Gasteiger charge is -2.20. The maximum absolute atomic E-state index is 11.5. The number of aryl methyl sites for hydroxylation is 2. The SMILES string of the molecule is CN1CCC(Nc2nc3c(cc2C(=O)O)CCCC3)C1. The van der Waals surface area contributed by atoms with E-state index in [0.717, 1.165) is 56.5 Å². The Morgan fingerprint density at radius 1 is 1.45 bits per heavy atom. The Kier molecular flexibility index (Phi) is 3.61. The number of hydrogen-bond donors (Lipinski definition) is 2. The van der Waals surface area contributed by atoms with Gasteiger partial charge in [-0.15, -0.1) is 0 Å². The first-order valence-corrected chi connectivity index (χ1v) is 7.34. The molecule has 0 aromatic carbocycles. The normalized spacial score (nSPS) is 22.6. The smallest absolute Gasteiger partial charge is 0.339 e. The minimum atomic E-state index is -0.889. The number of rotatable bonds is 3. The molecule has 0 amide bonds. The highest BCUT2D eigenvalue weighted by Gasteiger charge is 2.24. The number of likely N-dealkylation sites (N-methyl/N-ethyl adjacent to an activating group) is 1. The molecule has 0 spiro atoms. The van der Waals surface area contributed by atoms with E-state index in [1.54, 1.807) is 0 Å². The molecule has 20 heavy (non-hydrogen) atoms. The third-order valence-corrected chi connectivity index (χ3v) is 4.26. The van der Waals surface area contributed by atoms with E-state index in [2.05, 4.69) is 22.2 Å². The molecule has 0 bridgehead atoms. The van der Waals surface area contributed by atoms with Crippen LogP contribution in [0.3, 0.4) is 0 Å². The maximum atomic E-state index is 11.5. The summed E-state index contributed by atoms with van der Waals surface area (Å²) in [6.45, 7) is 1.99. The largest absolute Gasteiger partial charge is 0.478 e. The van der Waals surface area contributed by atoms with Gasteiger partial charge in [-0.05, 0) is 57.3 Å². The van der Waals surface area contributed by atoms with E-state index in [4.69, 9.17) is 0 Å². The number of nitrogens with one attached hydrogen (secondary N) is 1. The van der Waals surface area contributed by atoms with Crippen molar-refractivity contribution in [3.05, 3.63) is 22.9 Å². The first kappa shape index (κ1) is 13.4. The second kappa shape index (κ2) is 5.40. The second-order valence-electron chi connectivity index (χ2n) is 5.89. The summed E-state index contributed by atoms with van der Waals surface area (Å²) in [7, 11) is 2.08. The highest BCUT2D eigenvalue weighted by atomic mass is 16.4. The number of nitrogens with zero attached hydrogens (tertiary/aromatic N) is 2. The Morgan fingerprint density at radius 2 is 2.25 bits per heavy atom. The van der Waals surface area contributed by atoms with Crippen LogP contribution in [0.2, 0.25) is 0 Å². The molecule has 3 rings (SSSR count). The summed E-state index contributed by atoms with van der Waals surface area (Å²) in [6.07, 6.45) is 5.24. The van der Waals surface area contributed by atoms with Crippen molar-refractivity contribution in [2.24, 2.45) is 0 Å². The lowest BCUT2D eigenvalue weighted by molar-refractivity contribution is 0.0697. The lowest BCUT2D eigenvalue weighted by atomic mass is 9.94. The van der Waals surface area contributed by atoms with Gasteiger partial charge in [-0.25, -0.2) is 9.78 Å². The number of aromatic nitrogens is 1. The van der Waals surface area contributed by atoms with Crippen molar-refractivity contribution in [2.45, 2.75) is 38.1 Å². The van der Waals surface area contributed by atoms with Crippen LogP contribution in [0.1, 0.15) is 40.9 Å². The number of likely N-dealkylation sites (tertiary alicyclic amines) is 1. The van der Waals surface area contributed by atoms with E-state index in [1.165, 1.54) is 0 Å². The lowest BCUT2D eigenvalue weighted by Crippen LogP contribution is -2.26. The zero-order valence-electron chi connectivity index (χ0n) is 11.9. The van der Waals surface area contributed by atoms with Crippen LogP contribution in [0.25, 0.3) is 0 Å². The highest BCUT2D eigenvalue weighted by Crippen LogP contribution is 2.26. The minimum absolute atomic E-state index is 0.298. The molecule has 2 aliphatic rings. The van der Waals surface area contributed by atoms with Gasteiger partial charge in [-0.1, -0.05) is 0 Å². The van der Waals surface area contributed by atoms with Crippen LogP contribution < -0.4 is 5.32 Å².